The lowest BCUT2D eigenvalue weighted by atomic mass is 10.1. The predicted octanol–water partition coefficient (Wildman–Crippen LogP) is 5.06. The first-order valence-electron chi connectivity index (χ1n) is 14.0. The van der Waals surface area contributed by atoms with Crippen LogP contribution in [0.15, 0.2) is 66.9 Å². The van der Waals surface area contributed by atoms with Crippen molar-refractivity contribution in [2.75, 3.05) is 31.5 Å². The zero-order chi connectivity index (χ0) is 28.6. The molecule has 0 bridgehead atoms. The minimum atomic E-state index is -0.985. The monoisotopic (exact) mass is 558 g/mol. The Bertz CT molecular complexity index is 1330. The fourth-order valence-electron chi connectivity index (χ4n) is 5.03. The van der Waals surface area contributed by atoms with Gasteiger partial charge in [0.15, 0.2) is 0 Å². The number of carbonyl (C=O) groups excluding carboxylic acids is 2. The van der Waals surface area contributed by atoms with Crippen molar-refractivity contribution in [3.63, 3.8) is 0 Å². The average molecular weight is 559 g/mol. The zero-order valence-corrected chi connectivity index (χ0v) is 22.8. The molecule has 1 aromatic heterocycles. The van der Waals surface area contributed by atoms with Crippen LogP contribution in [0.4, 0.5) is 10.5 Å². The molecule has 2 fully saturated rings. The van der Waals surface area contributed by atoms with E-state index in [2.05, 4.69) is 15.2 Å². The molecule has 0 radical (unpaired) electrons. The van der Waals surface area contributed by atoms with E-state index in [0.29, 0.717) is 42.9 Å². The molecular weight excluding hydrogens is 524 g/mol. The Morgan fingerprint density at radius 2 is 1.54 bits per heavy atom. The lowest BCUT2D eigenvalue weighted by Crippen LogP contribution is -2.43. The van der Waals surface area contributed by atoms with Crippen LogP contribution in [0.1, 0.15) is 58.4 Å². The highest BCUT2D eigenvalue weighted by Crippen LogP contribution is 2.21. The van der Waals surface area contributed by atoms with Crippen LogP contribution in [-0.4, -0.2) is 70.1 Å². The van der Waals surface area contributed by atoms with E-state index in [1.54, 1.807) is 29.2 Å². The highest BCUT2D eigenvalue weighted by Gasteiger charge is 2.25. The van der Waals surface area contributed by atoms with Crippen molar-refractivity contribution < 1.29 is 29.0 Å². The van der Waals surface area contributed by atoms with E-state index in [9.17, 15) is 14.4 Å². The van der Waals surface area contributed by atoms with Gasteiger partial charge in [-0.25, -0.2) is 14.6 Å². The number of benzene rings is 2. The maximum Gasteiger partial charge on any atom is 0.416 e. The number of nitrogens with one attached hydrogen (secondary N) is 1. The van der Waals surface area contributed by atoms with Crippen LogP contribution in [0.2, 0.25) is 0 Å². The first-order valence-corrected chi connectivity index (χ1v) is 14.0. The van der Waals surface area contributed by atoms with Gasteiger partial charge >= 0.3 is 12.1 Å². The highest BCUT2D eigenvalue weighted by atomic mass is 16.6. The van der Waals surface area contributed by atoms with Crippen LogP contribution in [0.25, 0.3) is 0 Å². The standard InChI is InChI=1S/C31H34N4O6/c36-29(23-6-4-22(5-7-23)21-34-16-2-1-3-17-34)33-25-10-13-28(32-20-25)41-31(39)35-18-14-27(15-19-35)40-26-11-8-24(9-12-26)30(37)38/h4-13,20,27H,1-3,14-19,21H2,(H,33,36)(H,37,38). The van der Waals surface area contributed by atoms with Crippen molar-refractivity contribution >= 4 is 23.7 Å². The van der Waals surface area contributed by atoms with Crippen LogP contribution < -0.4 is 14.8 Å². The second kappa shape index (κ2) is 13.3. The zero-order valence-electron chi connectivity index (χ0n) is 22.8. The Balaban J connectivity index is 1.05. The van der Waals surface area contributed by atoms with Crippen molar-refractivity contribution in [2.24, 2.45) is 0 Å². The molecule has 2 aromatic carbocycles. The number of amides is 2. The molecule has 2 N–H and O–H groups in total. The second-order valence-corrected chi connectivity index (χ2v) is 10.4. The van der Waals surface area contributed by atoms with Gasteiger partial charge in [-0.2, -0.15) is 0 Å². The summed E-state index contributed by atoms with van der Waals surface area (Å²) < 4.78 is 11.4. The van der Waals surface area contributed by atoms with Gasteiger partial charge in [0.2, 0.25) is 5.88 Å². The Labute approximate surface area is 238 Å². The molecule has 214 valence electrons. The van der Waals surface area contributed by atoms with Crippen LogP contribution >= 0.6 is 0 Å². The Hall–Kier alpha value is -4.44. The van der Waals surface area contributed by atoms with Crippen molar-refractivity contribution in [2.45, 2.75) is 44.8 Å². The molecule has 0 atom stereocenters. The summed E-state index contributed by atoms with van der Waals surface area (Å²) in [6.45, 7) is 4.08. The van der Waals surface area contributed by atoms with E-state index in [1.807, 2.05) is 24.3 Å². The van der Waals surface area contributed by atoms with E-state index < -0.39 is 12.1 Å². The number of carbonyl (C=O) groups is 3. The summed E-state index contributed by atoms with van der Waals surface area (Å²) in [7, 11) is 0. The number of carboxylic acid groups (broad SMARTS) is 1. The van der Waals surface area contributed by atoms with Gasteiger partial charge in [-0.1, -0.05) is 18.6 Å². The molecule has 3 aromatic rings. The van der Waals surface area contributed by atoms with Gasteiger partial charge < -0.3 is 24.8 Å². The molecule has 41 heavy (non-hydrogen) atoms. The number of pyridine rings is 1. The number of likely N-dealkylation sites (tertiary alicyclic amines) is 2. The van der Waals surface area contributed by atoms with Crippen molar-refractivity contribution in [3.05, 3.63) is 83.6 Å². The molecule has 0 unspecified atom stereocenters. The van der Waals surface area contributed by atoms with E-state index in [0.717, 1.165) is 19.6 Å². The molecule has 10 nitrogen and oxygen atoms in total. The summed E-state index contributed by atoms with van der Waals surface area (Å²) in [6, 6.07) is 17.1. The molecule has 2 saturated heterocycles. The number of hydrogen-bond donors (Lipinski definition) is 2. The van der Waals surface area contributed by atoms with Crippen molar-refractivity contribution in [1.29, 1.82) is 0 Å². The third kappa shape index (κ3) is 7.82. The quantitative estimate of drug-likeness (QED) is 0.394. The van der Waals surface area contributed by atoms with Crippen LogP contribution in [0.5, 0.6) is 11.6 Å². The Morgan fingerprint density at radius 3 is 2.17 bits per heavy atom. The molecule has 2 amide bonds. The normalized spacial score (nSPS) is 16.1. The van der Waals surface area contributed by atoms with Crippen LogP contribution in [0, 0.1) is 0 Å². The molecule has 0 spiro atoms. The summed E-state index contributed by atoms with van der Waals surface area (Å²) in [6.07, 6.45) is 5.92. The van der Waals surface area contributed by atoms with Crippen molar-refractivity contribution in [1.82, 2.24) is 14.8 Å². The number of carboxylic acids is 1. The lowest BCUT2D eigenvalue weighted by Gasteiger charge is -2.31. The predicted molar refractivity (Wildman–Crippen MR) is 152 cm³/mol. The van der Waals surface area contributed by atoms with Gasteiger partial charge in [-0.15, -0.1) is 0 Å². The summed E-state index contributed by atoms with van der Waals surface area (Å²) in [5, 5.41) is 11.8. The van der Waals surface area contributed by atoms with Gasteiger partial charge in [-0.05, 0) is 74.0 Å². The van der Waals surface area contributed by atoms with E-state index in [-0.39, 0.29) is 23.5 Å². The number of hydrogen-bond acceptors (Lipinski definition) is 7. The van der Waals surface area contributed by atoms with Crippen molar-refractivity contribution in [3.8, 4) is 11.6 Å². The molecule has 10 heteroatoms. The summed E-state index contributed by atoms with van der Waals surface area (Å²) in [5.74, 6) is -0.477. The molecule has 0 aliphatic carbocycles. The molecule has 5 rings (SSSR count). The second-order valence-electron chi connectivity index (χ2n) is 10.4. The number of piperidine rings is 2. The number of nitrogens with zero attached hydrogens (tertiary/aromatic N) is 3. The summed E-state index contributed by atoms with van der Waals surface area (Å²) >= 11 is 0. The van der Waals surface area contributed by atoms with Gasteiger partial charge in [-0.3, -0.25) is 9.69 Å². The fourth-order valence-corrected chi connectivity index (χ4v) is 5.03. The number of aromatic nitrogens is 1. The molecule has 2 aliphatic heterocycles. The highest BCUT2D eigenvalue weighted by molar-refractivity contribution is 6.04. The SMILES string of the molecule is O=C(O)c1ccc(OC2CCN(C(=O)Oc3ccc(NC(=O)c4ccc(CN5CCCCC5)cc4)cn3)CC2)cc1. The van der Waals surface area contributed by atoms with E-state index in [4.69, 9.17) is 14.6 Å². The lowest BCUT2D eigenvalue weighted by molar-refractivity contribution is 0.0696. The topological polar surface area (TPSA) is 121 Å². The Morgan fingerprint density at radius 1 is 0.854 bits per heavy atom. The first kappa shape index (κ1) is 28.1. The first-order chi connectivity index (χ1) is 19.9. The molecule has 2 aliphatic rings. The summed E-state index contributed by atoms with van der Waals surface area (Å²) in [5.41, 5.74) is 2.46. The fraction of sp³-hybridized carbons (Fsp3) is 0.355. The molecular formula is C31H34N4O6. The largest absolute Gasteiger partial charge is 0.490 e. The maximum absolute atomic E-state index is 12.7. The molecule has 3 heterocycles. The minimum absolute atomic E-state index is 0.0818. The number of aromatic carboxylic acids is 1. The molecule has 0 saturated carbocycles. The number of ether oxygens (including phenoxy) is 2. The van der Waals surface area contributed by atoms with E-state index >= 15 is 0 Å². The maximum atomic E-state index is 12.7. The van der Waals surface area contributed by atoms with Crippen LogP contribution in [-0.2, 0) is 6.54 Å². The average Bonchev–Trinajstić information content (AvgIpc) is 2.99. The summed E-state index contributed by atoms with van der Waals surface area (Å²) in [4.78, 5) is 44.5. The van der Waals surface area contributed by atoms with E-state index in [1.165, 1.54) is 43.2 Å². The Kier molecular flexibility index (Phi) is 9.10. The smallest absolute Gasteiger partial charge is 0.416 e. The van der Waals surface area contributed by atoms with Gasteiger partial charge in [0.25, 0.3) is 5.91 Å². The third-order valence-electron chi connectivity index (χ3n) is 7.36. The number of rotatable bonds is 8. The third-order valence-corrected chi connectivity index (χ3v) is 7.36. The van der Waals surface area contributed by atoms with Crippen LogP contribution in [0.3, 0.4) is 0 Å². The van der Waals surface area contributed by atoms with Gasteiger partial charge in [0.1, 0.15) is 11.9 Å². The van der Waals surface area contributed by atoms with Gasteiger partial charge in [0.05, 0.1) is 17.4 Å². The number of anilines is 1. The van der Waals surface area contributed by atoms with Gasteiger partial charge in [0, 0.05) is 44.1 Å². The minimum Gasteiger partial charge on any atom is -0.490 e.